The van der Waals surface area contributed by atoms with Gasteiger partial charge in [0.1, 0.15) is 0 Å². The molecule has 12 heavy (non-hydrogen) atoms. The van der Waals surface area contributed by atoms with E-state index in [1.54, 1.807) is 0 Å². The van der Waals surface area contributed by atoms with E-state index >= 15 is 0 Å². The molecule has 2 fully saturated rings. The van der Waals surface area contributed by atoms with Crippen LogP contribution in [0, 0.1) is 0 Å². The summed E-state index contributed by atoms with van der Waals surface area (Å²) in [7, 11) is 0. The molecule has 1 atom stereocenters. The topological polar surface area (TPSA) is 32.8 Å². The molecule has 2 nitrogen and oxygen atoms in total. The minimum atomic E-state index is -0.399. The largest absolute Gasteiger partial charge is 0.390 e. The van der Waals surface area contributed by atoms with E-state index < -0.39 is 5.60 Å². The zero-order chi connectivity index (χ0) is 8.66. The van der Waals surface area contributed by atoms with Gasteiger partial charge in [0.05, 0.1) is 17.8 Å². The maximum absolute atomic E-state index is 10.2. The first-order chi connectivity index (χ1) is 5.62. The summed E-state index contributed by atoms with van der Waals surface area (Å²) >= 11 is 0. The van der Waals surface area contributed by atoms with E-state index in [-0.39, 0.29) is 5.60 Å². The van der Waals surface area contributed by atoms with Crippen molar-refractivity contribution in [1.29, 1.82) is 0 Å². The molecule has 2 rings (SSSR count). The van der Waals surface area contributed by atoms with Gasteiger partial charge in [-0.15, -0.1) is 0 Å². The van der Waals surface area contributed by atoms with Crippen LogP contribution in [-0.4, -0.2) is 22.9 Å². The van der Waals surface area contributed by atoms with Crippen LogP contribution in [0.1, 0.15) is 45.4 Å². The molecule has 0 spiro atoms. The van der Waals surface area contributed by atoms with Crippen LogP contribution in [0.4, 0.5) is 0 Å². The molecule has 1 heterocycles. The lowest BCUT2D eigenvalue weighted by molar-refractivity contribution is -0.0208. The van der Waals surface area contributed by atoms with Crippen LogP contribution < -0.4 is 0 Å². The molecule has 1 aliphatic heterocycles. The van der Waals surface area contributed by atoms with E-state index in [1.807, 2.05) is 0 Å². The molecule has 1 aliphatic carbocycles. The van der Waals surface area contributed by atoms with E-state index in [4.69, 9.17) is 4.74 Å². The van der Waals surface area contributed by atoms with Crippen LogP contribution in [0.5, 0.6) is 0 Å². The van der Waals surface area contributed by atoms with Crippen molar-refractivity contribution in [3.63, 3.8) is 0 Å². The average Bonchev–Trinajstić information content (AvgIpc) is 2.67. The zero-order valence-electron chi connectivity index (χ0n) is 7.81. The van der Waals surface area contributed by atoms with E-state index in [0.29, 0.717) is 0 Å². The quantitative estimate of drug-likeness (QED) is 0.642. The minimum Gasteiger partial charge on any atom is -0.390 e. The van der Waals surface area contributed by atoms with Gasteiger partial charge in [-0.25, -0.2) is 0 Å². The van der Waals surface area contributed by atoms with Crippen molar-refractivity contribution < 1.29 is 9.84 Å². The van der Waals surface area contributed by atoms with Crippen LogP contribution in [0.25, 0.3) is 0 Å². The number of rotatable bonds is 2. The Hall–Kier alpha value is -0.0800. The highest BCUT2D eigenvalue weighted by Crippen LogP contribution is 2.41. The molecule has 1 N–H and O–H groups in total. The fraction of sp³-hybridized carbons (Fsp3) is 1.00. The lowest BCUT2D eigenvalue weighted by atomic mass is 9.79. The fourth-order valence-electron chi connectivity index (χ4n) is 2.31. The number of aliphatic hydroxyl groups is 1. The highest BCUT2D eigenvalue weighted by atomic mass is 16.6. The minimum absolute atomic E-state index is 0.0199. The van der Waals surface area contributed by atoms with Gasteiger partial charge in [-0.05, 0) is 19.8 Å². The van der Waals surface area contributed by atoms with Crippen LogP contribution in [0.15, 0.2) is 0 Å². The highest BCUT2D eigenvalue weighted by molar-refractivity contribution is 4.96. The van der Waals surface area contributed by atoms with Crippen molar-refractivity contribution in [2.24, 2.45) is 0 Å². The molecular formula is C10H18O2. The third-order valence-corrected chi connectivity index (χ3v) is 3.12. The van der Waals surface area contributed by atoms with Gasteiger partial charge in [-0.3, -0.25) is 0 Å². The van der Waals surface area contributed by atoms with E-state index in [9.17, 15) is 5.11 Å². The van der Waals surface area contributed by atoms with Gasteiger partial charge in [0.2, 0.25) is 0 Å². The predicted molar refractivity (Wildman–Crippen MR) is 47.0 cm³/mol. The first kappa shape index (κ1) is 8.52. The zero-order valence-corrected chi connectivity index (χ0v) is 7.81. The second kappa shape index (κ2) is 2.71. The van der Waals surface area contributed by atoms with Crippen LogP contribution >= 0.6 is 0 Å². The summed E-state index contributed by atoms with van der Waals surface area (Å²) in [5, 5.41) is 10.2. The molecule has 70 valence electrons. The lowest BCUT2D eigenvalue weighted by Crippen LogP contribution is -2.35. The van der Waals surface area contributed by atoms with Gasteiger partial charge in [0.25, 0.3) is 0 Å². The number of epoxide rings is 1. The Balaban J connectivity index is 1.90. The fourth-order valence-corrected chi connectivity index (χ4v) is 2.31. The van der Waals surface area contributed by atoms with Crippen molar-refractivity contribution in [2.45, 2.75) is 56.7 Å². The van der Waals surface area contributed by atoms with Crippen LogP contribution in [-0.2, 0) is 4.74 Å². The Bertz CT molecular complexity index is 167. The molecular weight excluding hydrogens is 152 g/mol. The second-order valence-electron chi connectivity index (χ2n) is 4.70. The highest BCUT2D eigenvalue weighted by Gasteiger charge is 2.46. The molecule has 0 bridgehead atoms. The van der Waals surface area contributed by atoms with Crippen molar-refractivity contribution in [3.8, 4) is 0 Å². The molecule has 0 amide bonds. The standard InChI is InChI=1S/C10H18O2/c1-9(8-12-9)7-10(11)5-3-2-4-6-10/h11H,2-8H2,1H3. The molecule has 0 aromatic rings. The van der Waals surface area contributed by atoms with Gasteiger partial charge >= 0.3 is 0 Å². The van der Waals surface area contributed by atoms with Crippen LogP contribution in [0.3, 0.4) is 0 Å². The van der Waals surface area contributed by atoms with Gasteiger partial charge in [0.15, 0.2) is 0 Å². The molecule has 1 unspecified atom stereocenters. The second-order valence-corrected chi connectivity index (χ2v) is 4.70. The third kappa shape index (κ3) is 1.80. The Labute approximate surface area is 73.9 Å². The van der Waals surface area contributed by atoms with E-state index in [2.05, 4.69) is 6.92 Å². The van der Waals surface area contributed by atoms with Crippen molar-refractivity contribution in [3.05, 3.63) is 0 Å². The Kier molecular flexibility index (Phi) is 1.92. The van der Waals surface area contributed by atoms with E-state index in [1.165, 1.54) is 19.3 Å². The lowest BCUT2D eigenvalue weighted by Gasteiger charge is -2.33. The monoisotopic (exact) mass is 170 g/mol. The third-order valence-electron chi connectivity index (χ3n) is 3.12. The molecule has 2 heteroatoms. The van der Waals surface area contributed by atoms with Crippen molar-refractivity contribution in [2.75, 3.05) is 6.61 Å². The Morgan fingerprint density at radius 2 is 1.83 bits per heavy atom. The Morgan fingerprint density at radius 1 is 1.25 bits per heavy atom. The van der Waals surface area contributed by atoms with Crippen LogP contribution in [0.2, 0.25) is 0 Å². The van der Waals surface area contributed by atoms with Gasteiger partial charge in [-0.1, -0.05) is 19.3 Å². The maximum Gasteiger partial charge on any atom is 0.0915 e. The molecule has 1 saturated carbocycles. The van der Waals surface area contributed by atoms with Crippen molar-refractivity contribution >= 4 is 0 Å². The molecule has 0 aromatic carbocycles. The Morgan fingerprint density at radius 3 is 2.33 bits per heavy atom. The first-order valence-corrected chi connectivity index (χ1v) is 4.98. The summed E-state index contributed by atoms with van der Waals surface area (Å²) in [6.45, 7) is 2.94. The number of ether oxygens (including phenoxy) is 1. The summed E-state index contributed by atoms with van der Waals surface area (Å²) in [6.07, 6.45) is 6.47. The predicted octanol–water partition coefficient (Wildman–Crippen LogP) is 1.86. The molecule has 0 radical (unpaired) electrons. The summed E-state index contributed by atoms with van der Waals surface area (Å²) in [5.74, 6) is 0. The number of hydrogen-bond donors (Lipinski definition) is 1. The number of hydrogen-bond acceptors (Lipinski definition) is 2. The normalized spacial score (nSPS) is 39.5. The van der Waals surface area contributed by atoms with E-state index in [0.717, 1.165) is 25.9 Å². The van der Waals surface area contributed by atoms with Gasteiger partial charge in [-0.2, -0.15) is 0 Å². The average molecular weight is 170 g/mol. The smallest absolute Gasteiger partial charge is 0.0915 e. The summed E-state index contributed by atoms with van der Waals surface area (Å²) in [5.41, 5.74) is -0.379. The first-order valence-electron chi connectivity index (χ1n) is 4.98. The maximum atomic E-state index is 10.2. The molecule has 0 aromatic heterocycles. The molecule has 1 saturated heterocycles. The van der Waals surface area contributed by atoms with Crippen molar-refractivity contribution in [1.82, 2.24) is 0 Å². The van der Waals surface area contributed by atoms with Gasteiger partial charge < -0.3 is 9.84 Å². The summed E-state index contributed by atoms with van der Waals surface area (Å²) in [6, 6.07) is 0. The molecule has 2 aliphatic rings. The SMILES string of the molecule is CC1(CC2(O)CCCCC2)CO1. The summed E-state index contributed by atoms with van der Waals surface area (Å²) < 4.78 is 5.30. The summed E-state index contributed by atoms with van der Waals surface area (Å²) in [4.78, 5) is 0. The van der Waals surface area contributed by atoms with Gasteiger partial charge in [0, 0.05) is 6.42 Å².